The van der Waals surface area contributed by atoms with Crippen LogP contribution in [-0.2, 0) is 11.3 Å². The van der Waals surface area contributed by atoms with Crippen molar-refractivity contribution in [2.45, 2.75) is 32.0 Å². The van der Waals surface area contributed by atoms with Crippen LogP contribution >= 0.6 is 0 Å². The summed E-state index contributed by atoms with van der Waals surface area (Å²) >= 11 is 0. The first-order valence-corrected chi connectivity index (χ1v) is 7.68. The topological polar surface area (TPSA) is 52.9 Å². The lowest BCUT2D eigenvalue weighted by Gasteiger charge is -2.33. The Morgan fingerprint density at radius 3 is 2.26 bits per heavy atom. The fraction of sp³-hybridized carbons (Fsp3) is 0.263. The molecular formula is C19H20N2O2. The molecule has 0 saturated heterocycles. The van der Waals surface area contributed by atoms with Gasteiger partial charge >= 0.3 is 5.97 Å². The zero-order valence-electron chi connectivity index (χ0n) is 13.3. The molecule has 1 N–H and O–H groups in total. The van der Waals surface area contributed by atoms with Crippen molar-refractivity contribution < 1.29 is 9.90 Å². The van der Waals surface area contributed by atoms with Crippen LogP contribution in [0.4, 0.5) is 0 Å². The molecule has 118 valence electrons. The highest BCUT2D eigenvalue weighted by molar-refractivity contribution is 5.91. The molecule has 0 radical (unpaired) electrons. The van der Waals surface area contributed by atoms with E-state index in [1.807, 2.05) is 67.6 Å². The molecule has 0 saturated carbocycles. The van der Waals surface area contributed by atoms with Gasteiger partial charge in [-0.25, -0.2) is 4.79 Å². The Morgan fingerprint density at radius 1 is 1.13 bits per heavy atom. The minimum atomic E-state index is -1.18. The minimum Gasteiger partial charge on any atom is -0.479 e. The van der Waals surface area contributed by atoms with Gasteiger partial charge in [0.1, 0.15) is 0 Å². The SMILES string of the molecule is CC1=NC(C)(C(=O)O)C(c2ccccc2)N1Cc1ccccc1. The van der Waals surface area contributed by atoms with Gasteiger partial charge in [-0.3, -0.25) is 4.99 Å². The van der Waals surface area contributed by atoms with Gasteiger partial charge < -0.3 is 10.0 Å². The summed E-state index contributed by atoms with van der Waals surface area (Å²) in [5, 5.41) is 9.77. The van der Waals surface area contributed by atoms with Gasteiger partial charge in [0.2, 0.25) is 0 Å². The van der Waals surface area contributed by atoms with Gasteiger partial charge in [0.15, 0.2) is 5.54 Å². The fourth-order valence-corrected chi connectivity index (χ4v) is 3.24. The molecule has 0 amide bonds. The molecular weight excluding hydrogens is 288 g/mol. The fourth-order valence-electron chi connectivity index (χ4n) is 3.24. The summed E-state index contributed by atoms with van der Waals surface area (Å²) in [6, 6.07) is 19.5. The number of carbonyl (C=O) groups is 1. The van der Waals surface area contributed by atoms with E-state index in [2.05, 4.69) is 9.89 Å². The predicted octanol–water partition coefficient (Wildman–Crippen LogP) is 3.51. The van der Waals surface area contributed by atoms with Gasteiger partial charge in [-0.1, -0.05) is 60.7 Å². The first-order chi connectivity index (χ1) is 11.0. The molecule has 2 aromatic carbocycles. The number of hydrogen-bond acceptors (Lipinski definition) is 3. The highest BCUT2D eigenvalue weighted by atomic mass is 16.4. The molecule has 3 rings (SSSR count). The highest BCUT2D eigenvalue weighted by Gasteiger charge is 2.50. The molecule has 2 unspecified atom stereocenters. The number of nitrogens with zero attached hydrogens (tertiary/aromatic N) is 2. The second kappa shape index (κ2) is 5.88. The molecule has 2 aromatic rings. The number of rotatable bonds is 4. The van der Waals surface area contributed by atoms with Crippen LogP contribution in [0.25, 0.3) is 0 Å². The van der Waals surface area contributed by atoms with E-state index < -0.39 is 11.5 Å². The zero-order valence-corrected chi connectivity index (χ0v) is 13.3. The van der Waals surface area contributed by atoms with E-state index in [-0.39, 0.29) is 6.04 Å². The average Bonchev–Trinajstić information content (AvgIpc) is 2.81. The van der Waals surface area contributed by atoms with Crippen LogP contribution in [0.3, 0.4) is 0 Å². The maximum atomic E-state index is 11.9. The minimum absolute atomic E-state index is 0.318. The molecule has 1 aliphatic heterocycles. The summed E-state index contributed by atoms with van der Waals surface area (Å²) in [5.41, 5.74) is 0.923. The predicted molar refractivity (Wildman–Crippen MR) is 90.3 cm³/mol. The normalized spacial score (nSPS) is 23.7. The maximum Gasteiger partial charge on any atom is 0.333 e. The van der Waals surface area contributed by atoms with E-state index >= 15 is 0 Å². The number of benzene rings is 2. The van der Waals surface area contributed by atoms with Crippen molar-refractivity contribution in [1.29, 1.82) is 0 Å². The molecule has 4 nitrogen and oxygen atoms in total. The van der Waals surface area contributed by atoms with E-state index in [4.69, 9.17) is 0 Å². The lowest BCUT2D eigenvalue weighted by Crippen LogP contribution is -2.43. The number of aliphatic imine (C=N–C) groups is 1. The molecule has 2 atom stereocenters. The van der Waals surface area contributed by atoms with E-state index in [1.54, 1.807) is 6.92 Å². The Labute approximate surface area is 136 Å². The van der Waals surface area contributed by atoms with Crippen LogP contribution in [0.15, 0.2) is 65.7 Å². The summed E-state index contributed by atoms with van der Waals surface area (Å²) < 4.78 is 0. The Bertz CT molecular complexity index is 728. The first kappa shape index (κ1) is 15.3. The van der Waals surface area contributed by atoms with Gasteiger partial charge in [-0.05, 0) is 25.0 Å². The van der Waals surface area contributed by atoms with Gasteiger partial charge in [0.25, 0.3) is 0 Å². The third-order valence-corrected chi connectivity index (χ3v) is 4.40. The molecule has 4 heteroatoms. The number of carboxylic acid groups (broad SMARTS) is 1. The lowest BCUT2D eigenvalue weighted by atomic mass is 9.87. The van der Waals surface area contributed by atoms with E-state index in [9.17, 15) is 9.90 Å². The number of carboxylic acids is 1. The third-order valence-electron chi connectivity index (χ3n) is 4.40. The van der Waals surface area contributed by atoms with Crippen LogP contribution in [0.2, 0.25) is 0 Å². The van der Waals surface area contributed by atoms with Crippen molar-refractivity contribution in [3.05, 3.63) is 71.8 Å². The molecule has 0 aliphatic carbocycles. The van der Waals surface area contributed by atoms with Crippen molar-refractivity contribution >= 4 is 11.8 Å². The summed E-state index contributed by atoms with van der Waals surface area (Å²) in [5.74, 6) is -0.145. The average molecular weight is 308 g/mol. The third kappa shape index (κ3) is 2.72. The smallest absolute Gasteiger partial charge is 0.333 e. The van der Waals surface area contributed by atoms with Crippen LogP contribution in [0, 0.1) is 0 Å². The number of aliphatic carboxylic acids is 1. The quantitative estimate of drug-likeness (QED) is 0.940. The van der Waals surface area contributed by atoms with Gasteiger partial charge in [-0.2, -0.15) is 0 Å². The molecule has 0 fully saturated rings. The van der Waals surface area contributed by atoms with Crippen molar-refractivity contribution in [3.63, 3.8) is 0 Å². The van der Waals surface area contributed by atoms with E-state index in [0.29, 0.717) is 6.54 Å². The molecule has 0 aromatic heterocycles. The summed E-state index contributed by atoms with van der Waals surface area (Å²) in [6.45, 7) is 4.22. The summed E-state index contributed by atoms with van der Waals surface area (Å²) in [7, 11) is 0. The first-order valence-electron chi connectivity index (χ1n) is 7.68. The molecule has 23 heavy (non-hydrogen) atoms. The highest BCUT2D eigenvalue weighted by Crippen LogP contribution is 2.41. The number of amidine groups is 1. The molecule has 0 spiro atoms. The Hall–Kier alpha value is -2.62. The second-order valence-corrected chi connectivity index (χ2v) is 6.04. The van der Waals surface area contributed by atoms with Crippen LogP contribution < -0.4 is 0 Å². The summed E-state index contributed by atoms with van der Waals surface area (Å²) in [6.07, 6.45) is 0. The second-order valence-electron chi connectivity index (χ2n) is 6.04. The standard InChI is InChI=1S/C19H20N2O2/c1-14-20-19(2,18(22)23)17(16-11-7-4-8-12-16)21(14)13-15-9-5-3-6-10-15/h3-12,17H,13H2,1-2H3,(H,22,23). The Kier molecular flexibility index (Phi) is 3.90. The van der Waals surface area contributed by atoms with Gasteiger partial charge in [0.05, 0.1) is 11.9 Å². The molecule has 0 bridgehead atoms. The Morgan fingerprint density at radius 2 is 1.70 bits per heavy atom. The van der Waals surface area contributed by atoms with Gasteiger partial charge in [-0.15, -0.1) is 0 Å². The van der Waals surface area contributed by atoms with Crippen molar-refractivity contribution in [3.8, 4) is 0 Å². The Balaban J connectivity index is 2.03. The maximum absolute atomic E-state index is 11.9. The van der Waals surface area contributed by atoms with Crippen molar-refractivity contribution in [1.82, 2.24) is 4.90 Å². The lowest BCUT2D eigenvalue weighted by molar-refractivity contribution is -0.144. The van der Waals surface area contributed by atoms with Crippen LogP contribution in [0.1, 0.15) is 31.0 Å². The molecule has 1 aliphatic rings. The summed E-state index contributed by atoms with van der Waals surface area (Å²) in [4.78, 5) is 18.5. The van der Waals surface area contributed by atoms with Crippen LogP contribution in [-0.4, -0.2) is 27.4 Å². The van der Waals surface area contributed by atoms with Gasteiger partial charge in [0, 0.05) is 6.54 Å². The number of hydrogen-bond donors (Lipinski definition) is 1. The van der Waals surface area contributed by atoms with Crippen molar-refractivity contribution in [2.75, 3.05) is 0 Å². The molecule has 1 heterocycles. The van der Waals surface area contributed by atoms with E-state index in [0.717, 1.165) is 17.0 Å². The van der Waals surface area contributed by atoms with E-state index in [1.165, 1.54) is 0 Å². The largest absolute Gasteiger partial charge is 0.479 e. The zero-order chi connectivity index (χ0) is 16.4. The monoisotopic (exact) mass is 308 g/mol. The van der Waals surface area contributed by atoms with Crippen molar-refractivity contribution in [2.24, 2.45) is 4.99 Å². The van der Waals surface area contributed by atoms with Crippen LogP contribution in [0.5, 0.6) is 0 Å².